The van der Waals surface area contributed by atoms with Gasteiger partial charge in [0.05, 0.1) is 23.5 Å². The number of nitrogens with zero attached hydrogens (tertiary/aromatic N) is 3. The summed E-state index contributed by atoms with van der Waals surface area (Å²) >= 11 is 0. The summed E-state index contributed by atoms with van der Waals surface area (Å²) in [7, 11) is 0. The van der Waals surface area contributed by atoms with Crippen molar-refractivity contribution < 1.29 is 9.90 Å². The maximum atomic E-state index is 10.7. The molecule has 19 heavy (non-hydrogen) atoms. The van der Waals surface area contributed by atoms with E-state index in [2.05, 4.69) is 30.2 Å². The molecule has 0 radical (unpaired) electrons. The number of carboxylic acids is 1. The molecule has 0 aliphatic heterocycles. The predicted octanol–water partition coefficient (Wildman–Crippen LogP) is 2.07. The monoisotopic (exact) mass is 259 g/mol. The summed E-state index contributed by atoms with van der Waals surface area (Å²) in [5.74, 6) is -0.896. The third-order valence-electron chi connectivity index (χ3n) is 3.26. The summed E-state index contributed by atoms with van der Waals surface area (Å²) in [6.07, 6.45) is 0.893. The van der Waals surface area contributed by atoms with Crippen LogP contribution in [0.2, 0.25) is 0 Å². The summed E-state index contributed by atoms with van der Waals surface area (Å²) in [5.41, 5.74) is 4.69. The first kappa shape index (κ1) is 13.3. The molecule has 100 valence electrons. The number of rotatable bonds is 4. The SMILES string of the molecule is CCc1ccc(-n2nnc(CC(=O)O)c2C)cc1C. The van der Waals surface area contributed by atoms with Crippen LogP contribution in [0.3, 0.4) is 0 Å². The predicted molar refractivity (Wildman–Crippen MR) is 71.6 cm³/mol. The molecule has 1 N–H and O–H groups in total. The number of aliphatic carboxylic acids is 1. The van der Waals surface area contributed by atoms with Gasteiger partial charge in [-0.25, -0.2) is 4.68 Å². The minimum absolute atomic E-state index is 0.0993. The smallest absolute Gasteiger partial charge is 0.309 e. The lowest BCUT2D eigenvalue weighted by molar-refractivity contribution is -0.136. The topological polar surface area (TPSA) is 68.0 Å². The number of hydrogen-bond donors (Lipinski definition) is 1. The lowest BCUT2D eigenvalue weighted by Gasteiger charge is -2.08. The molecule has 5 heteroatoms. The molecule has 0 aliphatic rings. The Morgan fingerprint density at radius 1 is 1.37 bits per heavy atom. The zero-order valence-corrected chi connectivity index (χ0v) is 11.3. The van der Waals surface area contributed by atoms with Gasteiger partial charge in [0.1, 0.15) is 0 Å². The fourth-order valence-electron chi connectivity index (χ4n) is 2.12. The van der Waals surface area contributed by atoms with Gasteiger partial charge in [0, 0.05) is 0 Å². The van der Waals surface area contributed by atoms with E-state index in [0.717, 1.165) is 17.8 Å². The molecule has 0 atom stereocenters. The maximum absolute atomic E-state index is 10.7. The van der Waals surface area contributed by atoms with Gasteiger partial charge in [-0.15, -0.1) is 5.10 Å². The van der Waals surface area contributed by atoms with Gasteiger partial charge in [0.2, 0.25) is 0 Å². The zero-order chi connectivity index (χ0) is 14.0. The van der Waals surface area contributed by atoms with Gasteiger partial charge in [0.25, 0.3) is 0 Å². The van der Waals surface area contributed by atoms with E-state index >= 15 is 0 Å². The molecular formula is C14H17N3O2. The van der Waals surface area contributed by atoms with E-state index in [9.17, 15) is 4.79 Å². The molecule has 0 saturated heterocycles. The molecule has 0 bridgehead atoms. The third kappa shape index (κ3) is 2.65. The number of hydrogen-bond acceptors (Lipinski definition) is 3. The molecule has 5 nitrogen and oxygen atoms in total. The van der Waals surface area contributed by atoms with Crippen molar-refractivity contribution in [2.75, 3.05) is 0 Å². The highest BCUT2D eigenvalue weighted by atomic mass is 16.4. The molecule has 1 heterocycles. The Labute approximate surface area is 111 Å². The molecule has 2 aromatic rings. The van der Waals surface area contributed by atoms with Crippen molar-refractivity contribution in [1.82, 2.24) is 15.0 Å². The molecule has 0 aliphatic carbocycles. The molecular weight excluding hydrogens is 242 g/mol. The van der Waals surface area contributed by atoms with E-state index in [-0.39, 0.29) is 6.42 Å². The second-order valence-electron chi connectivity index (χ2n) is 4.57. The van der Waals surface area contributed by atoms with Crippen molar-refractivity contribution in [3.8, 4) is 5.69 Å². The van der Waals surface area contributed by atoms with Crippen LogP contribution in [-0.2, 0) is 17.6 Å². The van der Waals surface area contributed by atoms with Gasteiger partial charge >= 0.3 is 5.97 Å². The lowest BCUT2D eigenvalue weighted by atomic mass is 10.1. The second kappa shape index (κ2) is 5.22. The summed E-state index contributed by atoms with van der Waals surface area (Å²) in [6.45, 7) is 6.02. The minimum Gasteiger partial charge on any atom is -0.481 e. The van der Waals surface area contributed by atoms with E-state index < -0.39 is 5.97 Å². The Hall–Kier alpha value is -2.17. The molecule has 0 spiro atoms. The average Bonchev–Trinajstić information content (AvgIpc) is 2.70. The highest BCUT2D eigenvalue weighted by molar-refractivity contribution is 5.69. The lowest BCUT2D eigenvalue weighted by Crippen LogP contribution is -2.04. The number of aromatic nitrogens is 3. The van der Waals surface area contributed by atoms with Crippen LogP contribution in [0.1, 0.15) is 29.4 Å². The van der Waals surface area contributed by atoms with Crippen molar-refractivity contribution in [2.45, 2.75) is 33.6 Å². The van der Waals surface area contributed by atoms with E-state index in [1.54, 1.807) is 4.68 Å². The van der Waals surface area contributed by atoms with Gasteiger partial charge in [-0.05, 0) is 43.5 Å². The Morgan fingerprint density at radius 3 is 2.68 bits per heavy atom. The molecule has 1 aromatic heterocycles. The van der Waals surface area contributed by atoms with E-state index in [4.69, 9.17) is 5.11 Å². The number of carboxylic acid groups (broad SMARTS) is 1. The summed E-state index contributed by atoms with van der Waals surface area (Å²) < 4.78 is 1.69. The molecule has 0 fully saturated rings. The Bertz CT molecular complexity index is 617. The summed E-state index contributed by atoms with van der Waals surface area (Å²) in [5, 5.41) is 16.8. The van der Waals surface area contributed by atoms with Crippen LogP contribution in [0.5, 0.6) is 0 Å². The van der Waals surface area contributed by atoms with Crippen LogP contribution in [-0.4, -0.2) is 26.1 Å². The normalized spacial score (nSPS) is 10.7. The van der Waals surface area contributed by atoms with Crippen molar-refractivity contribution in [1.29, 1.82) is 0 Å². The second-order valence-corrected chi connectivity index (χ2v) is 4.57. The van der Waals surface area contributed by atoms with E-state index in [1.807, 2.05) is 19.1 Å². The standard InChI is InChI=1S/C14H17N3O2/c1-4-11-5-6-12(7-9(11)2)17-10(3)13(15-16-17)8-14(18)19/h5-7H,4,8H2,1-3H3,(H,18,19). The first-order valence-electron chi connectivity index (χ1n) is 6.25. The molecule has 0 amide bonds. The van der Waals surface area contributed by atoms with Crippen LogP contribution in [0.4, 0.5) is 0 Å². The highest BCUT2D eigenvalue weighted by Crippen LogP contribution is 2.17. The summed E-state index contributed by atoms with van der Waals surface area (Å²) in [6, 6.07) is 6.10. The highest BCUT2D eigenvalue weighted by Gasteiger charge is 2.13. The largest absolute Gasteiger partial charge is 0.481 e. The molecule has 1 aromatic carbocycles. The van der Waals surface area contributed by atoms with Gasteiger partial charge in [-0.2, -0.15) is 0 Å². The Balaban J connectivity index is 2.39. The third-order valence-corrected chi connectivity index (χ3v) is 3.26. The van der Waals surface area contributed by atoms with Gasteiger partial charge < -0.3 is 5.11 Å². The Kier molecular flexibility index (Phi) is 3.64. The number of carbonyl (C=O) groups is 1. The number of benzene rings is 1. The fourth-order valence-corrected chi connectivity index (χ4v) is 2.12. The van der Waals surface area contributed by atoms with E-state index in [1.165, 1.54) is 11.1 Å². The first-order chi connectivity index (χ1) is 9.02. The van der Waals surface area contributed by atoms with Crippen LogP contribution in [0.15, 0.2) is 18.2 Å². The van der Waals surface area contributed by atoms with Crippen molar-refractivity contribution >= 4 is 5.97 Å². The zero-order valence-electron chi connectivity index (χ0n) is 11.3. The summed E-state index contributed by atoms with van der Waals surface area (Å²) in [4.78, 5) is 10.7. The average molecular weight is 259 g/mol. The maximum Gasteiger partial charge on any atom is 0.309 e. The van der Waals surface area contributed by atoms with E-state index in [0.29, 0.717) is 5.69 Å². The van der Waals surface area contributed by atoms with Crippen LogP contribution >= 0.6 is 0 Å². The molecule has 0 unspecified atom stereocenters. The van der Waals surface area contributed by atoms with Gasteiger partial charge in [-0.3, -0.25) is 4.79 Å². The minimum atomic E-state index is -0.896. The fraction of sp³-hybridized carbons (Fsp3) is 0.357. The first-order valence-corrected chi connectivity index (χ1v) is 6.25. The van der Waals surface area contributed by atoms with Crippen LogP contribution < -0.4 is 0 Å². The molecule has 0 saturated carbocycles. The van der Waals surface area contributed by atoms with Crippen LogP contribution in [0.25, 0.3) is 5.69 Å². The number of aryl methyl sites for hydroxylation is 2. The van der Waals surface area contributed by atoms with Gasteiger partial charge in [0.15, 0.2) is 0 Å². The van der Waals surface area contributed by atoms with Crippen molar-refractivity contribution in [3.63, 3.8) is 0 Å². The van der Waals surface area contributed by atoms with Crippen molar-refractivity contribution in [2.24, 2.45) is 0 Å². The van der Waals surface area contributed by atoms with Crippen molar-refractivity contribution in [3.05, 3.63) is 40.7 Å². The molecule has 2 rings (SSSR count). The van der Waals surface area contributed by atoms with Crippen LogP contribution in [0, 0.1) is 13.8 Å². The van der Waals surface area contributed by atoms with Gasteiger partial charge in [-0.1, -0.05) is 18.2 Å². The quantitative estimate of drug-likeness (QED) is 0.912. The Morgan fingerprint density at radius 2 is 2.11 bits per heavy atom.